The van der Waals surface area contributed by atoms with Gasteiger partial charge in [-0.25, -0.2) is 0 Å². The summed E-state index contributed by atoms with van der Waals surface area (Å²) in [6.45, 7) is 1.76. The molecule has 1 aliphatic rings. The highest BCUT2D eigenvalue weighted by atomic mass is 16.3. The molecule has 2 amide bonds. The number of hydrogen-bond acceptors (Lipinski definition) is 7. The van der Waals surface area contributed by atoms with Crippen molar-refractivity contribution in [1.82, 2.24) is 30.0 Å². The average Bonchev–Trinajstić information content (AvgIpc) is 3.40. The molecule has 4 rings (SSSR count). The van der Waals surface area contributed by atoms with Crippen molar-refractivity contribution in [2.24, 2.45) is 0 Å². The van der Waals surface area contributed by atoms with Gasteiger partial charge in [-0.15, -0.1) is 10.2 Å². The number of nitrogens with zero attached hydrogens (tertiary/aromatic N) is 6. The van der Waals surface area contributed by atoms with E-state index in [4.69, 9.17) is 10.2 Å². The van der Waals surface area contributed by atoms with E-state index in [1.807, 2.05) is 12.1 Å². The van der Waals surface area contributed by atoms with Crippen molar-refractivity contribution in [2.75, 3.05) is 31.9 Å². The Balaban J connectivity index is 1.34. The number of nitrogens with two attached hydrogens (primary N) is 1. The molecule has 1 aromatic carbocycles. The van der Waals surface area contributed by atoms with Gasteiger partial charge in [0.15, 0.2) is 5.76 Å². The van der Waals surface area contributed by atoms with Gasteiger partial charge >= 0.3 is 0 Å². The number of hydrogen-bond donors (Lipinski definition) is 1. The third kappa shape index (κ3) is 3.56. The molecule has 3 heterocycles. The van der Waals surface area contributed by atoms with Crippen molar-refractivity contribution >= 4 is 17.5 Å². The molecule has 1 saturated heterocycles. The third-order valence-electron chi connectivity index (χ3n) is 4.58. The van der Waals surface area contributed by atoms with Gasteiger partial charge in [0.05, 0.1) is 6.26 Å². The van der Waals surface area contributed by atoms with Crippen molar-refractivity contribution in [3.05, 3.63) is 48.4 Å². The molecule has 0 aliphatic carbocycles. The molecular weight excluding hydrogens is 362 g/mol. The number of para-hydroxylation sites is 1. The molecule has 1 fully saturated rings. The van der Waals surface area contributed by atoms with E-state index in [0.29, 0.717) is 49.0 Å². The van der Waals surface area contributed by atoms with Crippen LogP contribution in [-0.4, -0.2) is 68.0 Å². The van der Waals surface area contributed by atoms with Crippen LogP contribution in [0.1, 0.15) is 10.6 Å². The lowest BCUT2D eigenvalue weighted by atomic mass is 10.2. The number of piperazine rings is 1. The summed E-state index contributed by atoms with van der Waals surface area (Å²) >= 11 is 0. The first-order valence-electron chi connectivity index (χ1n) is 8.85. The summed E-state index contributed by atoms with van der Waals surface area (Å²) in [6, 6.07) is 10.5. The van der Waals surface area contributed by atoms with Crippen LogP contribution in [-0.2, 0) is 11.3 Å². The smallest absolute Gasteiger partial charge is 0.289 e. The second kappa shape index (κ2) is 7.51. The lowest BCUT2D eigenvalue weighted by Crippen LogP contribution is -2.51. The second-order valence-electron chi connectivity index (χ2n) is 6.38. The van der Waals surface area contributed by atoms with E-state index in [-0.39, 0.29) is 18.4 Å². The van der Waals surface area contributed by atoms with Gasteiger partial charge in [0.25, 0.3) is 5.91 Å². The molecule has 2 aromatic heterocycles. The lowest BCUT2D eigenvalue weighted by Gasteiger charge is -2.34. The Bertz CT molecular complexity index is 975. The van der Waals surface area contributed by atoms with E-state index < -0.39 is 0 Å². The first kappa shape index (κ1) is 17.7. The normalized spacial score (nSPS) is 14.3. The van der Waals surface area contributed by atoms with Crippen LogP contribution >= 0.6 is 0 Å². The number of carbonyl (C=O) groups excluding carboxylic acids is 2. The van der Waals surface area contributed by atoms with Gasteiger partial charge in [-0.2, -0.15) is 4.80 Å². The average molecular weight is 381 g/mol. The highest BCUT2D eigenvalue weighted by molar-refractivity contribution is 5.91. The monoisotopic (exact) mass is 381 g/mol. The fourth-order valence-electron chi connectivity index (χ4n) is 3.05. The van der Waals surface area contributed by atoms with Crippen molar-refractivity contribution in [3.8, 4) is 11.4 Å². The lowest BCUT2D eigenvalue weighted by molar-refractivity contribution is -0.133. The molecule has 144 valence electrons. The molecule has 3 aromatic rings. The number of rotatable bonds is 4. The van der Waals surface area contributed by atoms with E-state index in [1.165, 1.54) is 11.1 Å². The molecule has 1 aliphatic heterocycles. The first-order chi connectivity index (χ1) is 13.6. The minimum Gasteiger partial charge on any atom is -0.459 e. The minimum absolute atomic E-state index is 0.0220. The van der Waals surface area contributed by atoms with E-state index in [0.717, 1.165) is 0 Å². The highest BCUT2D eigenvalue weighted by Crippen LogP contribution is 2.20. The van der Waals surface area contributed by atoms with Gasteiger partial charge in [0.2, 0.25) is 11.7 Å². The SMILES string of the molecule is Nc1ccccc1-c1nnn(CC(=O)N2CCN(C(=O)c3ccco3)CC2)n1. The van der Waals surface area contributed by atoms with Gasteiger partial charge in [0.1, 0.15) is 6.54 Å². The predicted octanol–water partition coefficient (Wildman–Crippen LogP) is 0.500. The van der Waals surface area contributed by atoms with E-state index in [1.54, 1.807) is 34.1 Å². The standard InChI is InChI=1S/C18H19N7O3/c19-14-5-2-1-4-13(14)17-20-22-25(21-17)12-16(26)23-7-9-24(10-8-23)18(27)15-6-3-11-28-15/h1-6,11H,7-10,12,19H2. The molecular formula is C18H19N7O3. The van der Waals surface area contributed by atoms with Crippen LogP contribution in [0.3, 0.4) is 0 Å². The molecule has 0 radical (unpaired) electrons. The number of benzene rings is 1. The van der Waals surface area contributed by atoms with Crippen LogP contribution in [0.5, 0.6) is 0 Å². The largest absolute Gasteiger partial charge is 0.459 e. The molecule has 0 bridgehead atoms. The van der Waals surface area contributed by atoms with Gasteiger partial charge in [0, 0.05) is 37.4 Å². The molecule has 0 spiro atoms. The van der Waals surface area contributed by atoms with E-state index in [9.17, 15) is 9.59 Å². The van der Waals surface area contributed by atoms with Crippen LogP contribution < -0.4 is 5.73 Å². The van der Waals surface area contributed by atoms with E-state index in [2.05, 4.69) is 15.4 Å². The van der Waals surface area contributed by atoms with Gasteiger partial charge in [-0.3, -0.25) is 9.59 Å². The Hall–Kier alpha value is -3.69. The maximum absolute atomic E-state index is 12.5. The summed E-state index contributed by atoms with van der Waals surface area (Å²) in [6.07, 6.45) is 1.47. The zero-order valence-corrected chi connectivity index (χ0v) is 15.1. The third-order valence-corrected chi connectivity index (χ3v) is 4.58. The summed E-state index contributed by atoms with van der Waals surface area (Å²) in [5.41, 5.74) is 7.14. The van der Waals surface area contributed by atoms with Gasteiger partial charge in [-0.05, 0) is 29.5 Å². The Kier molecular flexibility index (Phi) is 4.75. The molecule has 0 atom stereocenters. The zero-order valence-electron chi connectivity index (χ0n) is 15.1. The van der Waals surface area contributed by atoms with Crippen molar-refractivity contribution < 1.29 is 14.0 Å². The number of aromatic nitrogens is 4. The maximum Gasteiger partial charge on any atom is 0.289 e. The molecule has 28 heavy (non-hydrogen) atoms. The summed E-state index contributed by atoms with van der Waals surface area (Å²) in [4.78, 5) is 29.4. The molecule has 10 heteroatoms. The van der Waals surface area contributed by atoms with E-state index >= 15 is 0 Å². The Morgan fingerprint density at radius 2 is 1.79 bits per heavy atom. The topological polar surface area (TPSA) is 123 Å². The zero-order chi connectivity index (χ0) is 19.5. The number of carbonyl (C=O) groups is 2. The minimum atomic E-state index is -0.167. The fourth-order valence-corrected chi connectivity index (χ4v) is 3.05. The molecule has 0 saturated carbocycles. The maximum atomic E-state index is 12.5. The summed E-state index contributed by atoms with van der Waals surface area (Å²) < 4.78 is 5.14. The van der Waals surface area contributed by atoms with Crippen molar-refractivity contribution in [3.63, 3.8) is 0 Å². The Morgan fingerprint density at radius 3 is 2.50 bits per heavy atom. The fraction of sp³-hybridized carbons (Fsp3) is 0.278. The molecule has 2 N–H and O–H groups in total. The van der Waals surface area contributed by atoms with Crippen molar-refractivity contribution in [2.45, 2.75) is 6.54 Å². The summed E-state index contributed by atoms with van der Waals surface area (Å²) in [7, 11) is 0. The predicted molar refractivity (Wildman–Crippen MR) is 98.9 cm³/mol. The first-order valence-corrected chi connectivity index (χ1v) is 8.85. The van der Waals surface area contributed by atoms with Crippen LogP contribution in [0.25, 0.3) is 11.4 Å². The van der Waals surface area contributed by atoms with Crippen LogP contribution in [0.4, 0.5) is 5.69 Å². The number of nitrogen functional groups attached to an aromatic ring is 1. The second-order valence-corrected chi connectivity index (χ2v) is 6.38. The number of furan rings is 1. The highest BCUT2D eigenvalue weighted by Gasteiger charge is 2.26. The summed E-state index contributed by atoms with van der Waals surface area (Å²) in [5, 5.41) is 12.2. The van der Waals surface area contributed by atoms with Crippen LogP contribution in [0.15, 0.2) is 47.1 Å². The van der Waals surface area contributed by atoms with Gasteiger partial charge < -0.3 is 20.0 Å². The van der Waals surface area contributed by atoms with Crippen LogP contribution in [0, 0.1) is 0 Å². The van der Waals surface area contributed by atoms with Crippen molar-refractivity contribution in [1.29, 1.82) is 0 Å². The molecule has 10 nitrogen and oxygen atoms in total. The Labute approximate surface area is 160 Å². The number of amides is 2. The quantitative estimate of drug-likeness (QED) is 0.653. The molecule has 0 unspecified atom stereocenters. The van der Waals surface area contributed by atoms with Gasteiger partial charge in [-0.1, -0.05) is 12.1 Å². The Morgan fingerprint density at radius 1 is 1.04 bits per heavy atom. The number of anilines is 1. The van der Waals surface area contributed by atoms with Crippen LogP contribution in [0.2, 0.25) is 0 Å². The number of tetrazole rings is 1. The summed E-state index contributed by atoms with van der Waals surface area (Å²) in [5.74, 6) is 0.384.